The van der Waals surface area contributed by atoms with Crippen LogP contribution in [0.2, 0.25) is 0 Å². The zero-order chi connectivity index (χ0) is 36.1. The van der Waals surface area contributed by atoms with Crippen molar-refractivity contribution in [2.75, 3.05) is 11.5 Å². The fourth-order valence-corrected chi connectivity index (χ4v) is 4.68. The van der Waals surface area contributed by atoms with E-state index < -0.39 is 7.59 Å². The summed E-state index contributed by atoms with van der Waals surface area (Å²) < 4.78 is 1.26. The van der Waals surface area contributed by atoms with E-state index in [0.29, 0.717) is 39.5 Å². The number of carbonyl (C=O) groups excluding carboxylic acids is 1. The summed E-state index contributed by atoms with van der Waals surface area (Å²) in [5.74, 6) is 0.571. The van der Waals surface area contributed by atoms with Crippen molar-refractivity contribution in [2.45, 2.75) is 20.7 Å². The zero-order valence-electron chi connectivity index (χ0n) is 28.7. The van der Waals surface area contributed by atoms with Gasteiger partial charge >= 0.3 is 138 Å². The summed E-state index contributed by atoms with van der Waals surface area (Å²) in [5.41, 5.74) is 15.1. The van der Waals surface area contributed by atoms with Crippen molar-refractivity contribution in [1.82, 2.24) is 29.1 Å². The van der Waals surface area contributed by atoms with Gasteiger partial charge in [-0.1, -0.05) is 130 Å². The number of nitrogen functional groups attached to an aromatic ring is 2. The number of nitrogens with two attached hydrogens (primary N) is 2. The SMILES string of the molecule is N#CC(Cl)(Cl)Cl.N#Cc1nc(Br)n(Cc2ccccc2)c1N.Nc1nc(C(Cl)(Cl)Cl)nc2c1nc(Br)n2Cc1ccccc1.O=CO[O-].[2H-].[CH3-].[Cs+].[Cs+].[H-]. The zero-order valence-corrected chi connectivity index (χ0v) is 47.0. The van der Waals surface area contributed by atoms with Gasteiger partial charge in [0.1, 0.15) is 18.0 Å². The third-order valence-corrected chi connectivity index (χ3v) is 7.40. The van der Waals surface area contributed by atoms with Crippen LogP contribution < -0.4 is 155 Å². The van der Waals surface area contributed by atoms with Crippen LogP contribution in [0.4, 0.5) is 11.6 Å². The van der Waals surface area contributed by atoms with Gasteiger partial charge in [0, 0.05) is 0 Å². The average molecular weight is 1190 g/mol. The molecule has 0 saturated carbocycles. The number of hydrogen-bond donors (Lipinski definition) is 2. The van der Waals surface area contributed by atoms with Crippen LogP contribution in [0, 0.1) is 30.1 Å². The summed E-state index contributed by atoms with van der Waals surface area (Å²) in [7, 11) is 0. The molecule has 0 bridgehead atoms. The van der Waals surface area contributed by atoms with E-state index >= 15 is 0 Å². The number of fused-ring (bicyclic) bond motifs is 1. The van der Waals surface area contributed by atoms with Gasteiger partial charge in [-0.15, -0.1) is 0 Å². The number of rotatable bonds is 5. The normalized spacial score (nSPS) is 9.94. The van der Waals surface area contributed by atoms with E-state index in [1.54, 1.807) is 4.57 Å². The number of aromatic nitrogens is 6. The monoisotopic (exact) mass is 1180 g/mol. The molecule has 3 heterocycles. The Labute approximate surface area is 461 Å². The molecule has 13 nitrogen and oxygen atoms in total. The Morgan fingerprint density at radius 2 is 1.29 bits per heavy atom. The van der Waals surface area contributed by atoms with E-state index in [1.807, 2.05) is 71.3 Å². The molecule has 264 valence electrons. The molecule has 23 heteroatoms. The molecular formula is C28H24Br2Cl6Cs2N10O3-2. The first kappa shape index (κ1) is 54.1. The number of imidazole rings is 2. The third-order valence-electron chi connectivity index (χ3n) is 5.43. The predicted molar refractivity (Wildman–Crippen MR) is 199 cm³/mol. The minimum absolute atomic E-state index is 0. The number of benzene rings is 2. The molecule has 2 aromatic carbocycles. The maximum absolute atomic E-state index is 8.80. The second kappa shape index (κ2) is 26.8. The molecule has 0 atom stereocenters. The van der Waals surface area contributed by atoms with E-state index in [0.717, 1.165) is 11.1 Å². The third kappa shape index (κ3) is 18.7. The standard InChI is InChI=1S/C13H9BrCl3N5.C11H9BrN4.C2Cl3N.CH2O3.CH3.2Cs.2H/c14-12-19-8-9(18)20-11(13(15,16)17)21-10(8)22(12)6-7-4-2-1-3-5-7;12-11-15-9(6-13)10(14)16(11)7-8-4-2-1-3-5-8;3-2(4,5)1-6;2-1-4-3;;;;;/h1-5H,6H2,(H2,18,20,21);1-5H,7,14H2;;1,3H;1H3;;;;/q;;;;-1;2*+1;2*-1/p-1/i;;;;;;;1+1;. The molecule has 0 radical (unpaired) electrons. The second-order valence-electron chi connectivity index (χ2n) is 8.66. The molecule has 5 rings (SSSR count). The molecule has 3 aromatic heterocycles. The van der Waals surface area contributed by atoms with Gasteiger partial charge in [-0.3, -0.25) is 9.36 Å². The Balaban J connectivity index is -0.000000343. The summed E-state index contributed by atoms with van der Waals surface area (Å²) in [4.78, 5) is 27.9. The van der Waals surface area contributed by atoms with Crippen LogP contribution >= 0.6 is 101 Å². The molecule has 0 aliphatic rings. The van der Waals surface area contributed by atoms with Crippen LogP contribution in [-0.4, -0.2) is 39.3 Å². The summed E-state index contributed by atoms with van der Waals surface area (Å²) in [6.45, 7) is 0.968. The number of carbonyl (C=O) groups is 1. The van der Waals surface area contributed by atoms with E-state index in [-0.39, 0.29) is 172 Å². The van der Waals surface area contributed by atoms with Crippen LogP contribution in [0.1, 0.15) is 25.5 Å². The molecular weight excluding hydrogens is 1160 g/mol. The first-order valence-electron chi connectivity index (χ1n) is 12.5. The first-order chi connectivity index (χ1) is 22.6. The molecule has 0 spiro atoms. The van der Waals surface area contributed by atoms with Crippen molar-refractivity contribution in [3.63, 3.8) is 0 Å². The van der Waals surface area contributed by atoms with Crippen LogP contribution in [-0.2, 0) is 26.6 Å². The molecule has 5 aromatic rings. The Kier molecular flexibility index (Phi) is 28.4. The molecule has 4 N–H and O–H groups in total. The number of hydrogen-bond acceptors (Lipinski definition) is 11. The smallest absolute Gasteiger partial charge is 1.00 e. The van der Waals surface area contributed by atoms with Crippen LogP contribution in [0.3, 0.4) is 0 Å². The molecule has 0 amide bonds. The van der Waals surface area contributed by atoms with Gasteiger partial charge in [0.05, 0.1) is 13.1 Å². The molecule has 0 saturated heterocycles. The topological polar surface area (TPSA) is 210 Å². The maximum Gasteiger partial charge on any atom is 1.00 e. The number of halogens is 8. The van der Waals surface area contributed by atoms with Gasteiger partial charge in [0.2, 0.25) is 3.79 Å². The van der Waals surface area contributed by atoms with E-state index in [1.165, 1.54) is 6.07 Å². The van der Waals surface area contributed by atoms with Gasteiger partial charge in [-0.05, 0) is 43.0 Å². The number of nitrogens with zero attached hydrogens (tertiary/aromatic N) is 8. The van der Waals surface area contributed by atoms with Crippen LogP contribution in [0.5, 0.6) is 0 Å². The van der Waals surface area contributed by atoms with Gasteiger partial charge < -0.3 is 36.5 Å². The van der Waals surface area contributed by atoms with Crippen molar-refractivity contribution in [2.24, 2.45) is 0 Å². The fourth-order valence-electron chi connectivity index (χ4n) is 3.46. The van der Waals surface area contributed by atoms with Gasteiger partial charge in [0.15, 0.2) is 38.0 Å². The summed E-state index contributed by atoms with van der Waals surface area (Å²) in [5, 5.41) is 25.0. The first-order valence-corrected chi connectivity index (χ1v) is 16.4. The summed E-state index contributed by atoms with van der Waals surface area (Å²) >= 11 is 38.9. The summed E-state index contributed by atoms with van der Waals surface area (Å²) in [6, 6.07) is 23.1. The van der Waals surface area contributed by atoms with Gasteiger partial charge in [-0.25, -0.2) is 19.9 Å². The van der Waals surface area contributed by atoms with Crippen molar-refractivity contribution >= 4 is 131 Å². The molecule has 51 heavy (non-hydrogen) atoms. The van der Waals surface area contributed by atoms with Gasteiger partial charge in [-0.2, -0.15) is 10.5 Å². The van der Waals surface area contributed by atoms with E-state index in [4.69, 9.17) is 102 Å². The molecule has 0 aliphatic carbocycles. The Morgan fingerprint density at radius 1 is 0.863 bits per heavy atom. The molecule has 0 fully saturated rings. The minimum atomic E-state index is -1.75. The average Bonchev–Trinajstić information content (AvgIpc) is 3.52. The van der Waals surface area contributed by atoms with E-state index in [2.05, 4.69) is 56.7 Å². The fraction of sp³-hybridized carbons (Fsp3) is 0.143. The Hall–Kier alpha value is 1.01. The minimum Gasteiger partial charge on any atom is -1.00 e. The molecule has 0 aliphatic heterocycles. The van der Waals surface area contributed by atoms with E-state index in [9.17, 15) is 0 Å². The Morgan fingerprint density at radius 3 is 1.67 bits per heavy atom. The van der Waals surface area contributed by atoms with Crippen LogP contribution in [0.15, 0.2) is 70.1 Å². The van der Waals surface area contributed by atoms with Crippen molar-refractivity contribution in [1.29, 1.82) is 10.5 Å². The van der Waals surface area contributed by atoms with Crippen molar-refractivity contribution in [3.05, 3.63) is 100 Å². The second-order valence-corrected chi connectivity index (χ2v) is 14.6. The van der Waals surface area contributed by atoms with Gasteiger partial charge in [0.25, 0.3) is 10.3 Å². The number of anilines is 2. The predicted octanol–water partition coefficient (Wildman–Crippen LogP) is 1.19. The number of alkyl halides is 6. The molecule has 0 unspecified atom stereocenters. The Bertz CT molecular complexity index is 1910. The maximum atomic E-state index is 8.80. The number of nitriles is 2. The largest absolute Gasteiger partial charge is 1.00 e. The quantitative estimate of drug-likeness (QED) is 0.0638. The van der Waals surface area contributed by atoms with Crippen molar-refractivity contribution < 1.29 is 156 Å². The van der Waals surface area contributed by atoms with Crippen LogP contribution in [0.25, 0.3) is 11.2 Å². The summed E-state index contributed by atoms with van der Waals surface area (Å²) in [6.07, 6.45) is 0. The van der Waals surface area contributed by atoms with Crippen molar-refractivity contribution in [3.8, 4) is 12.1 Å².